The standard InChI is InChI=1S/C16H24O/c1-6-7-8-12(2)9-16-13(3)10-15(17-5)11-14(16)4/h7-8,10-12H,6,9H2,1-5H3/b8-7-. The van der Waals surface area contributed by atoms with Crippen LogP contribution in [0.2, 0.25) is 0 Å². The molecular formula is C16H24O. The molecule has 94 valence electrons. The van der Waals surface area contributed by atoms with Crippen LogP contribution in [0.1, 0.15) is 37.0 Å². The van der Waals surface area contributed by atoms with Crippen LogP contribution in [0.25, 0.3) is 0 Å². The zero-order chi connectivity index (χ0) is 12.8. The summed E-state index contributed by atoms with van der Waals surface area (Å²) >= 11 is 0. The van der Waals surface area contributed by atoms with Gasteiger partial charge in [-0.25, -0.2) is 0 Å². The van der Waals surface area contributed by atoms with Crippen LogP contribution in [-0.2, 0) is 6.42 Å². The van der Waals surface area contributed by atoms with Crippen LogP contribution in [0.4, 0.5) is 0 Å². The zero-order valence-corrected chi connectivity index (χ0v) is 11.7. The molecule has 0 aliphatic rings. The number of rotatable bonds is 5. The van der Waals surface area contributed by atoms with E-state index < -0.39 is 0 Å². The van der Waals surface area contributed by atoms with Gasteiger partial charge in [0.05, 0.1) is 7.11 Å². The first kappa shape index (κ1) is 13.8. The van der Waals surface area contributed by atoms with E-state index in [2.05, 4.69) is 52.0 Å². The number of benzene rings is 1. The molecular weight excluding hydrogens is 208 g/mol. The lowest BCUT2D eigenvalue weighted by molar-refractivity contribution is 0.414. The molecule has 0 radical (unpaired) electrons. The van der Waals surface area contributed by atoms with E-state index in [1.165, 1.54) is 16.7 Å². The smallest absolute Gasteiger partial charge is 0.119 e. The minimum absolute atomic E-state index is 0.598. The monoisotopic (exact) mass is 232 g/mol. The van der Waals surface area contributed by atoms with Crippen molar-refractivity contribution in [3.63, 3.8) is 0 Å². The lowest BCUT2D eigenvalue weighted by Gasteiger charge is -2.14. The summed E-state index contributed by atoms with van der Waals surface area (Å²) in [6.45, 7) is 8.78. The minimum Gasteiger partial charge on any atom is -0.497 e. The van der Waals surface area contributed by atoms with Crippen molar-refractivity contribution in [2.24, 2.45) is 5.92 Å². The predicted octanol–water partition coefficient (Wildman–Crippen LogP) is 4.46. The molecule has 0 heterocycles. The Morgan fingerprint density at radius 1 is 1.24 bits per heavy atom. The Hall–Kier alpha value is -1.24. The molecule has 0 fully saturated rings. The van der Waals surface area contributed by atoms with E-state index in [9.17, 15) is 0 Å². The Kier molecular flexibility index (Phi) is 5.27. The van der Waals surface area contributed by atoms with Crippen molar-refractivity contribution in [1.29, 1.82) is 0 Å². The fourth-order valence-corrected chi connectivity index (χ4v) is 2.15. The summed E-state index contributed by atoms with van der Waals surface area (Å²) in [5, 5.41) is 0. The molecule has 1 heteroatoms. The van der Waals surface area contributed by atoms with Crippen LogP contribution >= 0.6 is 0 Å². The molecule has 0 bridgehead atoms. The fourth-order valence-electron chi connectivity index (χ4n) is 2.15. The van der Waals surface area contributed by atoms with E-state index in [1.807, 2.05) is 0 Å². The van der Waals surface area contributed by atoms with E-state index in [4.69, 9.17) is 4.74 Å². The van der Waals surface area contributed by atoms with Crippen molar-refractivity contribution < 1.29 is 4.74 Å². The van der Waals surface area contributed by atoms with Gasteiger partial charge in [0, 0.05) is 0 Å². The van der Waals surface area contributed by atoms with Gasteiger partial charge in [0.15, 0.2) is 0 Å². The Bertz CT molecular complexity index is 368. The van der Waals surface area contributed by atoms with Crippen molar-refractivity contribution in [2.75, 3.05) is 7.11 Å². The van der Waals surface area contributed by atoms with Crippen LogP contribution in [0.5, 0.6) is 5.75 Å². The molecule has 1 rings (SSSR count). The Balaban J connectivity index is 2.87. The third kappa shape index (κ3) is 3.92. The summed E-state index contributed by atoms with van der Waals surface area (Å²) in [7, 11) is 1.72. The fraction of sp³-hybridized carbons (Fsp3) is 0.500. The van der Waals surface area contributed by atoms with Gasteiger partial charge in [-0.2, -0.15) is 0 Å². The first-order valence-corrected chi connectivity index (χ1v) is 6.39. The second-order valence-corrected chi connectivity index (χ2v) is 4.76. The van der Waals surface area contributed by atoms with Gasteiger partial charge < -0.3 is 4.74 Å². The molecule has 0 aliphatic heterocycles. The summed E-state index contributed by atoms with van der Waals surface area (Å²) in [5.74, 6) is 1.56. The first-order valence-electron chi connectivity index (χ1n) is 6.39. The van der Waals surface area contributed by atoms with Gasteiger partial charge in [-0.1, -0.05) is 26.0 Å². The molecule has 1 atom stereocenters. The van der Waals surface area contributed by atoms with Crippen molar-refractivity contribution in [2.45, 2.75) is 40.5 Å². The lowest BCUT2D eigenvalue weighted by Crippen LogP contribution is -2.01. The van der Waals surface area contributed by atoms with E-state index in [0.29, 0.717) is 5.92 Å². The highest BCUT2D eigenvalue weighted by molar-refractivity contribution is 5.41. The van der Waals surface area contributed by atoms with Gasteiger partial charge in [-0.05, 0) is 61.4 Å². The number of ether oxygens (including phenoxy) is 1. The van der Waals surface area contributed by atoms with Crippen LogP contribution in [0, 0.1) is 19.8 Å². The molecule has 0 aliphatic carbocycles. The number of methoxy groups -OCH3 is 1. The summed E-state index contributed by atoms with van der Waals surface area (Å²) < 4.78 is 5.29. The maximum atomic E-state index is 5.29. The van der Waals surface area contributed by atoms with Gasteiger partial charge >= 0.3 is 0 Å². The van der Waals surface area contributed by atoms with E-state index in [-0.39, 0.29) is 0 Å². The van der Waals surface area contributed by atoms with Crippen LogP contribution in [0.15, 0.2) is 24.3 Å². The Labute approximate surface area is 106 Å². The largest absolute Gasteiger partial charge is 0.497 e. The van der Waals surface area contributed by atoms with Crippen molar-refractivity contribution in [3.8, 4) is 5.75 Å². The average molecular weight is 232 g/mol. The normalized spacial score (nSPS) is 13.0. The summed E-state index contributed by atoms with van der Waals surface area (Å²) in [6.07, 6.45) is 6.78. The number of hydrogen-bond donors (Lipinski definition) is 0. The highest BCUT2D eigenvalue weighted by atomic mass is 16.5. The maximum Gasteiger partial charge on any atom is 0.119 e. The van der Waals surface area contributed by atoms with Crippen molar-refractivity contribution >= 4 is 0 Å². The highest BCUT2D eigenvalue weighted by Gasteiger charge is 2.08. The molecule has 0 saturated heterocycles. The third-order valence-corrected chi connectivity index (χ3v) is 3.13. The quantitative estimate of drug-likeness (QED) is 0.681. The predicted molar refractivity (Wildman–Crippen MR) is 74.8 cm³/mol. The third-order valence-electron chi connectivity index (χ3n) is 3.13. The van der Waals surface area contributed by atoms with Crippen LogP contribution < -0.4 is 4.74 Å². The molecule has 0 aromatic heterocycles. The van der Waals surface area contributed by atoms with E-state index in [0.717, 1.165) is 18.6 Å². The summed E-state index contributed by atoms with van der Waals surface area (Å²) in [4.78, 5) is 0. The molecule has 1 nitrogen and oxygen atoms in total. The summed E-state index contributed by atoms with van der Waals surface area (Å²) in [5.41, 5.74) is 4.12. The lowest BCUT2D eigenvalue weighted by atomic mass is 9.93. The second kappa shape index (κ2) is 6.48. The molecule has 0 saturated carbocycles. The SMILES string of the molecule is CC/C=C\C(C)Cc1c(C)cc(OC)cc1C. The minimum atomic E-state index is 0.598. The molecule has 17 heavy (non-hydrogen) atoms. The Morgan fingerprint density at radius 3 is 2.29 bits per heavy atom. The van der Waals surface area contributed by atoms with Gasteiger partial charge in [-0.15, -0.1) is 0 Å². The highest BCUT2D eigenvalue weighted by Crippen LogP contribution is 2.24. The molecule has 0 amide bonds. The van der Waals surface area contributed by atoms with E-state index >= 15 is 0 Å². The number of allylic oxidation sites excluding steroid dienone is 2. The van der Waals surface area contributed by atoms with Gasteiger partial charge in [0.1, 0.15) is 5.75 Å². The average Bonchev–Trinajstić information content (AvgIpc) is 2.30. The van der Waals surface area contributed by atoms with Crippen molar-refractivity contribution in [1.82, 2.24) is 0 Å². The first-order chi connectivity index (χ1) is 8.08. The molecule has 1 aromatic rings. The van der Waals surface area contributed by atoms with E-state index in [1.54, 1.807) is 7.11 Å². The molecule has 0 spiro atoms. The molecule has 0 N–H and O–H groups in total. The Morgan fingerprint density at radius 2 is 1.82 bits per heavy atom. The van der Waals surface area contributed by atoms with Gasteiger partial charge in [0.2, 0.25) is 0 Å². The number of hydrogen-bond acceptors (Lipinski definition) is 1. The van der Waals surface area contributed by atoms with Crippen molar-refractivity contribution in [3.05, 3.63) is 41.0 Å². The maximum absolute atomic E-state index is 5.29. The van der Waals surface area contributed by atoms with Gasteiger partial charge in [-0.3, -0.25) is 0 Å². The van der Waals surface area contributed by atoms with Crippen LogP contribution in [0.3, 0.4) is 0 Å². The summed E-state index contributed by atoms with van der Waals surface area (Å²) in [6, 6.07) is 4.25. The zero-order valence-electron chi connectivity index (χ0n) is 11.7. The second-order valence-electron chi connectivity index (χ2n) is 4.76. The van der Waals surface area contributed by atoms with Crippen LogP contribution in [-0.4, -0.2) is 7.11 Å². The van der Waals surface area contributed by atoms with Gasteiger partial charge in [0.25, 0.3) is 0 Å². The molecule has 1 unspecified atom stereocenters. The number of aryl methyl sites for hydroxylation is 2. The topological polar surface area (TPSA) is 9.23 Å². The molecule has 1 aromatic carbocycles.